The van der Waals surface area contributed by atoms with Crippen molar-refractivity contribution >= 4 is 39.2 Å². The number of hydrogen-bond acceptors (Lipinski definition) is 7. The van der Waals surface area contributed by atoms with Crippen molar-refractivity contribution in [1.82, 2.24) is 14.5 Å². The third-order valence-electron chi connectivity index (χ3n) is 6.06. The number of rotatable bonds is 7. The van der Waals surface area contributed by atoms with Gasteiger partial charge in [0.25, 0.3) is 0 Å². The van der Waals surface area contributed by atoms with Crippen LogP contribution in [0.5, 0.6) is 0 Å². The molecule has 0 radical (unpaired) electrons. The van der Waals surface area contributed by atoms with Crippen LogP contribution in [-0.2, 0) is 13.6 Å². The first-order valence-electron chi connectivity index (χ1n) is 10.8. The molecule has 0 saturated heterocycles. The lowest BCUT2D eigenvalue weighted by Crippen LogP contribution is -2.41. The van der Waals surface area contributed by atoms with Gasteiger partial charge in [-0.25, -0.2) is 4.98 Å². The number of aliphatic imine (C=N–C) groups is 1. The molecule has 176 valence electrons. The van der Waals surface area contributed by atoms with Crippen molar-refractivity contribution < 1.29 is 14.5 Å². The van der Waals surface area contributed by atoms with Crippen LogP contribution < -0.4 is 10.8 Å². The molecule has 0 atom stereocenters. The lowest BCUT2D eigenvalue weighted by atomic mass is 10.0. The number of nitrogen functional groups attached to an aromatic ring is 1. The van der Waals surface area contributed by atoms with E-state index in [1.54, 1.807) is 23.7 Å². The first-order chi connectivity index (χ1) is 16.1. The molecule has 4 aromatic rings. The van der Waals surface area contributed by atoms with E-state index < -0.39 is 4.92 Å². The summed E-state index contributed by atoms with van der Waals surface area (Å²) in [7, 11) is 5.60. The number of likely N-dealkylation sites (N-methyl/N-ethyl adjacent to an activating group) is 1. The van der Waals surface area contributed by atoms with Gasteiger partial charge in [0.15, 0.2) is 5.69 Å². The zero-order chi connectivity index (χ0) is 24.6. The fourth-order valence-electron chi connectivity index (χ4n) is 4.11. The van der Waals surface area contributed by atoms with Gasteiger partial charge in [0.2, 0.25) is 6.33 Å². The zero-order valence-electron chi connectivity index (χ0n) is 19.6. The molecule has 0 bridgehead atoms. The Morgan fingerprint density at radius 2 is 1.85 bits per heavy atom. The molecular formula is C24H27N7O3. The Labute approximate surface area is 196 Å². The van der Waals surface area contributed by atoms with Crippen molar-refractivity contribution in [2.45, 2.75) is 13.5 Å². The quantitative estimate of drug-likeness (QED) is 0.112. The lowest BCUT2D eigenvalue weighted by molar-refractivity contribution is -0.902. The number of quaternary nitrogens is 1. The van der Waals surface area contributed by atoms with Crippen LogP contribution in [0.3, 0.4) is 0 Å². The highest BCUT2D eigenvalue weighted by Crippen LogP contribution is 2.31. The number of imidazole rings is 1. The second-order valence-corrected chi connectivity index (χ2v) is 9.09. The topological polar surface area (TPSA) is 135 Å². The molecular weight excluding hydrogens is 434 g/mol. The van der Waals surface area contributed by atoms with Gasteiger partial charge < -0.3 is 30.0 Å². The van der Waals surface area contributed by atoms with Crippen molar-refractivity contribution in [2.75, 3.05) is 32.9 Å². The third-order valence-corrected chi connectivity index (χ3v) is 6.06. The number of benzene rings is 2. The molecule has 2 N–H and O–H groups in total. The minimum Gasteiger partial charge on any atom is -0.858 e. The molecule has 0 fully saturated rings. The molecule has 0 unspecified atom stereocenters. The number of anilines is 1. The van der Waals surface area contributed by atoms with Gasteiger partial charge in [-0.05, 0) is 28.3 Å². The molecule has 2 aromatic heterocycles. The maximum atomic E-state index is 13.0. The van der Waals surface area contributed by atoms with E-state index in [1.807, 2.05) is 45.3 Å². The second-order valence-electron chi connectivity index (χ2n) is 9.09. The monoisotopic (exact) mass is 461 g/mol. The van der Waals surface area contributed by atoms with Crippen molar-refractivity contribution in [3.05, 3.63) is 69.7 Å². The van der Waals surface area contributed by atoms with Crippen LogP contribution in [0.15, 0.2) is 47.7 Å². The van der Waals surface area contributed by atoms with Crippen molar-refractivity contribution in [3.8, 4) is 0 Å². The van der Waals surface area contributed by atoms with Gasteiger partial charge in [-0.15, -0.1) is 0 Å². The van der Waals surface area contributed by atoms with E-state index in [4.69, 9.17) is 10.7 Å². The Hall–Kier alpha value is -4.05. The van der Waals surface area contributed by atoms with Crippen LogP contribution in [0.25, 0.3) is 21.8 Å². The number of para-hydroxylation sites is 2. The number of hydrogen-bond donors (Lipinski definition) is 1. The summed E-state index contributed by atoms with van der Waals surface area (Å²) in [5.74, 6) is -0.513. The Kier molecular flexibility index (Phi) is 5.92. The molecule has 10 heteroatoms. The average Bonchev–Trinajstić information content (AvgIpc) is 3.14. The van der Waals surface area contributed by atoms with Gasteiger partial charge in [0, 0.05) is 23.4 Å². The van der Waals surface area contributed by atoms with E-state index in [2.05, 4.69) is 9.98 Å². The number of nitro groups is 1. The van der Waals surface area contributed by atoms with Gasteiger partial charge in [-0.3, -0.25) is 4.99 Å². The van der Waals surface area contributed by atoms with Crippen LogP contribution >= 0.6 is 0 Å². The second kappa shape index (κ2) is 8.71. The minimum absolute atomic E-state index is 0.149. The minimum atomic E-state index is -0.478. The van der Waals surface area contributed by atoms with Crippen molar-refractivity contribution in [3.63, 3.8) is 0 Å². The Bertz CT molecular complexity index is 1440. The highest BCUT2D eigenvalue weighted by Gasteiger charge is 2.27. The highest BCUT2D eigenvalue weighted by atomic mass is 16.6. The SMILES string of the molecule is Cc1cccc2c(N)c3cccc(C([O-])=NCC[N+](C)(C)Cc4c([N+](=O)[O-])ncn4C)c3nc12. The Morgan fingerprint density at radius 1 is 1.18 bits per heavy atom. The van der Waals surface area contributed by atoms with Gasteiger partial charge >= 0.3 is 5.82 Å². The maximum Gasteiger partial charge on any atom is 0.390 e. The number of nitrogens with zero attached hydrogens (tertiary/aromatic N) is 6. The number of pyridine rings is 1. The molecule has 0 aliphatic heterocycles. The summed E-state index contributed by atoms with van der Waals surface area (Å²) in [6.45, 7) is 3.11. The average molecular weight is 462 g/mol. The highest BCUT2D eigenvalue weighted by molar-refractivity contribution is 6.13. The molecule has 0 aliphatic rings. The first-order valence-corrected chi connectivity index (χ1v) is 10.8. The molecule has 0 spiro atoms. The van der Waals surface area contributed by atoms with E-state index in [9.17, 15) is 15.2 Å². The molecule has 4 rings (SSSR count). The lowest BCUT2D eigenvalue weighted by Gasteiger charge is -2.29. The normalized spacial score (nSPS) is 12.5. The molecule has 0 amide bonds. The third kappa shape index (κ3) is 4.27. The molecule has 0 aliphatic carbocycles. The summed E-state index contributed by atoms with van der Waals surface area (Å²) in [6, 6.07) is 11.2. The maximum absolute atomic E-state index is 13.0. The van der Waals surface area contributed by atoms with Crippen LogP contribution in [-0.4, -0.2) is 57.0 Å². The fourth-order valence-corrected chi connectivity index (χ4v) is 4.11. The largest absolute Gasteiger partial charge is 0.858 e. The summed E-state index contributed by atoms with van der Waals surface area (Å²) in [5.41, 5.74) is 10.2. The van der Waals surface area contributed by atoms with E-state index >= 15 is 0 Å². The number of aromatic nitrogens is 3. The molecule has 0 saturated carbocycles. The summed E-state index contributed by atoms with van der Waals surface area (Å²) < 4.78 is 2.06. The predicted molar refractivity (Wildman–Crippen MR) is 130 cm³/mol. The Morgan fingerprint density at radius 3 is 2.56 bits per heavy atom. The number of nitrogens with two attached hydrogens (primary N) is 1. The van der Waals surface area contributed by atoms with E-state index in [1.165, 1.54) is 6.33 Å². The van der Waals surface area contributed by atoms with Crippen LogP contribution in [0, 0.1) is 17.0 Å². The van der Waals surface area contributed by atoms with Crippen LogP contribution in [0.1, 0.15) is 16.8 Å². The molecule has 2 heterocycles. The summed E-state index contributed by atoms with van der Waals surface area (Å²) in [4.78, 5) is 23.7. The Balaban J connectivity index is 1.60. The fraction of sp³-hybridized carbons (Fsp3) is 0.292. The van der Waals surface area contributed by atoms with Gasteiger partial charge in [0.1, 0.15) is 6.54 Å². The first kappa shape index (κ1) is 23.1. The summed E-state index contributed by atoms with van der Waals surface area (Å²) in [5, 5.41) is 25.9. The standard InChI is InChI=1S/C24H27N7O3/c1-15-7-5-8-16-20(25)17-9-6-10-18(22(17)28-21(15)16)24(32)26-11-12-31(3,4)13-19-23(30(33)34)27-14-29(19)2/h5-10,14H,11-13H2,1-4H3,(H2-,25,26,28,32). The zero-order valence-corrected chi connectivity index (χ0v) is 19.6. The van der Waals surface area contributed by atoms with Crippen molar-refractivity contribution in [2.24, 2.45) is 12.0 Å². The number of fused-ring (bicyclic) bond motifs is 2. The van der Waals surface area contributed by atoms with Crippen LogP contribution in [0.2, 0.25) is 0 Å². The summed E-state index contributed by atoms with van der Waals surface area (Å²) in [6.07, 6.45) is 1.44. The van der Waals surface area contributed by atoms with Crippen LogP contribution in [0.4, 0.5) is 11.5 Å². The predicted octanol–water partition coefficient (Wildman–Crippen LogP) is 2.30. The van der Waals surface area contributed by atoms with E-state index in [-0.39, 0.29) is 18.3 Å². The van der Waals surface area contributed by atoms with Gasteiger partial charge in [-0.2, -0.15) is 0 Å². The van der Waals surface area contributed by atoms with E-state index in [0.717, 1.165) is 21.9 Å². The number of aryl methyl sites for hydroxylation is 2. The molecule has 34 heavy (non-hydrogen) atoms. The van der Waals surface area contributed by atoms with Gasteiger partial charge in [0.05, 0.1) is 43.9 Å². The molecule has 2 aromatic carbocycles. The molecule has 10 nitrogen and oxygen atoms in total. The van der Waals surface area contributed by atoms with Gasteiger partial charge in [-0.1, -0.05) is 36.4 Å². The van der Waals surface area contributed by atoms with E-state index in [0.29, 0.717) is 40.0 Å². The van der Waals surface area contributed by atoms with Crippen molar-refractivity contribution in [1.29, 1.82) is 0 Å². The summed E-state index contributed by atoms with van der Waals surface area (Å²) >= 11 is 0. The smallest absolute Gasteiger partial charge is 0.390 e.